The Morgan fingerprint density at radius 3 is 2.42 bits per heavy atom. The van der Waals surface area contributed by atoms with Gasteiger partial charge in [0.25, 0.3) is 5.91 Å². The lowest BCUT2D eigenvalue weighted by molar-refractivity contribution is -0.408. The quantitative estimate of drug-likeness (QED) is 0.532. The number of para-hydroxylation sites is 1. The van der Waals surface area contributed by atoms with Crippen LogP contribution < -0.4 is 21.1 Å². The van der Waals surface area contributed by atoms with Gasteiger partial charge in [-0.3, -0.25) is 14.4 Å². The molecule has 0 bridgehead atoms. The van der Waals surface area contributed by atoms with E-state index in [-0.39, 0.29) is 29.7 Å². The van der Waals surface area contributed by atoms with E-state index in [1.54, 1.807) is 14.0 Å². The third-order valence-electron chi connectivity index (χ3n) is 5.68. The van der Waals surface area contributed by atoms with Gasteiger partial charge in [0.2, 0.25) is 11.8 Å². The number of quaternary nitrogens is 1. The van der Waals surface area contributed by atoms with Gasteiger partial charge in [-0.2, -0.15) is 0 Å². The Labute approximate surface area is 184 Å². The molecule has 1 aliphatic rings. The lowest BCUT2D eigenvalue weighted by Crippen LogP contribution is -2.68. The number of hydrogen-bond donors (Lipinski definition) is 3. The van der Waals surface area contributed by atoms with E-state index in [0.29, 0.717) is 44.1 Å². The van der Waals surface area contributed by atoms with Crippen molar-refractivity contribution in [3.63, 3.8) is 0 Å². The van der Waals surface area contributed by atoms with Crippen molar-refractivity contribution in [3.05, 3.63) is 29.8 Å². The van der Waals surface area contributed by atoms with E-state index < -0.39 is 6.04 Å². The molecule has 0 radical (unpaired) electrons. The maximum atomic E-state index is 12.6. The molecule has 0 unspecified atom stereocenters. The first-order valence-electron chi connectivity index (χ1n) is 11.0. The maximum Gasteiger partial charge on any atom is 0.280 e. The summed E-state index contributed by atoms with van der Waals surface area (Å²) in [5, 5.41) is 5.65. The highest BCUT2D eigenvalue weighted by Crippen LogP contribution is 2.19. The van der Waals surface area contributed by atoms with Gasteiger partial charge in [0.1, 0.15) is 11.8 Å². The SMILES string of the molecule is COc1ccccc1CNC(=O)[C@H](C)NC(=O)C1CCN(C(=O)[C@@H]([NH3+])CC(C)C)CC1. The van der Waals surface area contributed by atoms with Crippen molar-refractivity contribution in [1.29, 1.82) is 0 Å². The Balaban J connectivity index is 1.77. The fourth-order valence-electron chi connectivity index (χ4n) is 3.87. The number of carbonyl (C=O) groups is 3. The van der Waals surface area contributed by atoms with Crippen LogP contribution in [0.2, 0.25) is 0 Å². The average molecular weight is 434 g/mol. The molecule has 1 heterocycles. The first kappa shape index (κ1) is 24.7. The van der Waals surface area contributed by atoms with Crippen LogP contribution in [0, 0.1) is 11.8 Å². The Morgan fingerprint density at radius 1 is 1.16 bits per heavy atom. The zero-order valence-corrected chi connectivity index (χ0v) is 19.1. The number of methoxy groups -OCH3 is 1. The molecule has 0 aliphatic carbocycles. The van der Waals surface area contributed by atoms with Crippen LogP contribution in [0.1, 0.15) is 45.6 Å². The molecule has 2 atom stereocenters. The molecular weight excluding hydrogens is 396 g/mol. The van der Waals surface area contributed by atoms with Gasteiger partial charge in [-0.1, -0.05) is 32.0 Å². The number of piperidine rings is 1. The Morgan fingerprint density at radius 2 is 1.81 bits per heavy atom. The number of ether oxygens (including phenoxy) is 1. The second kappa shape index (κ2) is 11.7. The topological polar surface area (TPSA) is 115 Å². The molecule has 5 N–H and O–H groups in total. The van der Waals surface area contributed by atoms with E-state index in [0.717, 1.165) is 12.0 Å². The Kier molecular flexibility index (Phi) is 9.30. The minimum absolute atomic E-state index is 0.0663. The summed E-state index contributed by atoms with van der Waals surface area (Å²) in [6.45, 7) is 7.26. The lowest BCUT2D eigenvalue weighted by Gasteiger charge is -2.32. The summed E-state index contributed by atoms with van der Waals surface area (Å²) in [7, 11) is 1.59. The summed E-state index contributed by atoms with van der Waals surface area (Å²) in [6.07, 6.45) is 1.96. The molecule has 1 saturated heterocycles. The van der Waals surface area contributed by atoms with Gasteiger partial charge in [-0.15, -0.1) is 0 Å². The predicted octanol–water partition coefficient (Wildman–Crippen LogP) is 0.711. The zero-order valence-electron chi connectivity index (χ0n) is 19.1. The molecule has 31 heavy (non-hydrogen) atoms. The summed E-state index contributed by atoms with van der Waals surface area (Å²) in [5.41, 5.74) is 4.86. The van der Waals surface area contributed by atoms with Crippen LogP contribution in [0.5, 0.6) is 5.75 Å². The van der Waals surface area contributed by atoms with Crippen LogP contribution in [0.25, 0.3) is 0 Å². The van der Waals surface area contributed by atoms with Gasteiger partial charge in [0.15, 0.2) is 6.04 Å². The van der Waals surface area contributed by atoms with Crippen molar-refractivity contribution in [2.45, 2.75) is 58.7 Å². The molecule has 3 amide bonds. The fraction of sp³-hybridized carbons (Fsp3) is 0.609. The Bertz CT molecular complexity index is 760. The van der Waals surface area contributed by atoms with Gasteiger partial charge >= 0.3 is 0 Å². The third kappa shape index (κ3) is 7.24. The number of likely N-dealkylation sites (tertiary alicyclic amines) is 1. The van der Waals surface area contributed by atoms with E-state index >= 15 is 0 Å². The Hall–Kier alpha value is -2.61. The molecule has 1 aromatic carbocycles. The van der Waals surface area contributed by atoms with Gasteiger partial charge in [-0.05, 0) is 31.7 Å². The van der Waals surface area contributed by atoms with Gasteiger partial charge in [0.05, 0.1) is 7.11 Å². The number of carbonyl (C=O) groups excluding carboxylic acids is 3. The van der Waals surface area contributed by atoms with Crippen molar-refractivity contribution in [2.24, 2.45) is 11.8 Å². The number of benzene rings is 1. The minimum atomic E-state index is -0.642. The number of nitrogens with one attached hydrogen (secondary N) is 2. The molecule has 1 aliphatic heterocycles. The monoisotopic (exact) mass is 433 g/mol. The first-order chi connectivity index (χ1) is 14.7. The minimum Gasteiger partial charge on any atom is -0.496 e. The second-order valence-corrected chi connectivity index (χ2v) is 8.69. The summed E-state index contributed by atoms with van der Waals surface area (Å²) in [6, 6.07) is 6.59. The second-order valence-electron chi connectivity index (χ2n) is 8.69. The van der Waals surface area contributed by atoms with Gasteiger partial charge < -0.3 is 26.0 Å². The molecule has 1 fully saturated rings. The van der Waals surface area contributed by atoms with Crippen LogP contribution >= 0.6 is 0 Å². The van der Waals surface area contributed by atoms with Crippen molar-refractivity contribution in [1.82, 2.24) is 15.5 Å². The van der Waals surface area contributed by atoms with Gasteiger partial charge in [0, 0.05) is 37.5 Å². The van der Waals surface area contributed by atoms with Crippen molar-refractivity contribution in [3.8, 4) is 5.75 Å². The summed E-state index contributed by atoms with van der Waals surface area (Å²) in [4.78, 5) is 39.4. The van der Waals surface area contributed by atoms with Crippen molar-refractivity contribution < 1.29 is 24.9 Å². The number of hydrogen-bond acceptors (Lipinski definition) is 4. The predicted molar refractivity (Wildman–Crippen MR) is 118 cm³/mol. The highest BCUT2D eigenvalue weighted by molar-refractivity contribution is 5.88. The van der Waals surface area contributed by atoms with E-state index in [9.17, 15) is 14.4 Å². The molecule has 0 spiro atoms. The maximum absolute atomic E-state index is 12.6. The standard InChI is InChI=1S/C23H36N4O4/c1-15(2)13-19(24)23(30)27-11-9-17(10-12-27)22(29)26-16(3)21(28)25-14-18-7-5-6-8-20(18)31-4/h5-8,15-17,19H,9-14,24H2,1-4H3,(H,25,28)(H,26,29)/p+1/t16-,19-/m0/s1. The number of amides is 3. The highest BCUT2D eigenvalue weighted by atomic mass is 16.5. The smallest absolute Gasteiger partial charge is 0.280 e. The van der Waals surface area contributed by atoms with E-state index in [2.05, 4.69) is 30.2 Å². The van der Waals surface area contributed by atoms with E-state index in [4.69, 9.17) is 4.74 Å². The van der Waals surface area contributed by atoms with Crippen LogP contribution in [0.15, 0.2) is 24.3 Å². The average Bonchev–Trinajstić information content (AvgIpc) is 2.76. The van der Waals surface area contributed by atoms with E-state index in [1.165, 1.54) is 0 Å². The molecular formula is C23H37N4O4+. The van der Waals surface area contributed by atoms with Gasteiger partial charge in [-0.25, -0.2) is 0 Å². The van der Waals surface area contributed by atoms with Crippen LogP contribution in [0.3, 0.4) is 0 Å². The lowest BCUT2D eigenvalue weighted by atomic mass is 9.94. The third-order valence-corrected chi connectivity index (χ3v) is 5.68. The molecule has 172 valence electrons. The summed E-state index contributed by atoms with van der Waals surface area (Å²) >= 11 is 0. The molecule has 0 aromatic heterocycles. The van der Waals surface area contributed by atoms with Crippen molar-refractivity contribution in [2.75, 3.05) is 20.2 Å². The fourth-order valence-corrected chi connectivity index (χ4v) is 3.87. The summed E-state index contributed by atoms with van der Waals surface area (Å²) < 4.78 is 5.29. The largest absolute Gasteiger partial charge is 0.496 e. The molecule has 1 aromatic rings. The highest BCUT2D eigenvalue weighted by Gasteiger charge is 2.32. The number of nitrogens with zero attached hydrogens (tertiary/aromatic N) is 1. The van der Waals surface area contributed by atoms with Crippen molar-refractivity contribution >= 4 is 17.7 Å². The van der Waals surface area contributed by atoms with Crippen LogP contribution in [0.4, 0.5) is 0 Å². The molecule has 0 saturated carbocycles. The zero-order chi connectivity index (χ0) is 23.0. The normalized spacial score (nSPS) is 16.5. The number of rotatable bonds is 9. The molecule has 8 heteroatoms. The van der Waals surface area contributed by atoms with Crippen LogP contribution in [-0.2, 0) is 20.9 Å². The van der Waals surface area contributed by atoms with Crippen LogP contribution in [-0.4, -0.2) is 54.9 Å². The van der Waals surface area contributed by atoms with E-state index in [1.807, 2.05) is 29.2 Å². The summed E-state index contributed by atoms with van der Waals surface area (Å²) in [5.74, 6) is 0.614. The first-order valence-corrected chi connectivity index (χ1v) is 11.0. The molecule has 8 nitrogen and oxygen atoms in total. The molecule has 2 rings (SSSR count).